The molecule has 1 aliphatic rings. The molecule has 0 spiro atoms. The second-order valence-corrected chi connectivity index (χ2v) is 6.66. The summed E-state index contributed by atoms with van der Waals surface area (Å²) in [5.74, 6) is 0. The van der Waals surface area contributed by atoms with Crippen molar-refractivity contribution in [3.05, 3.63) is 34.9 Å². The molecule has 0 saturated carbocycles. The zero-order valence-corrected chi connectivity index (χ0v) is 14.2. The Kier molecular flexibility index (Phi) is 6.06. The molecule has 0 aliphatic carbocycles. The number of hydrogen-bond donors (Lipinski definition) is 1. The van der Waals surface area contributed by atoms with E-state index >= 15 is 0 Å². The molecule has 3 unspecified atom stereocenters. The van der Waals surface area contributed by atoms with Gasteiger partial charge in [0.25, 0.3) is 0 Å². The van der Waals surface area contributed by atoms with E-state index < -0.39 is 0 Å². The summed E-state index contributed by atoms with van der Waals surface area (Å²) >= 11 is 6.00. The summed E-state index contributed by atoms with van der Waals surface area (Å²) in [7, 11) is 2.19. The summed E-state index contributed by atoms with van der Waals surface area (Å²) in [6.07, 6.45) is 2.61. The molecule has 3 atom stereocenters. The summed E-state index contributed by atoms with van der Waals surface area (Å²) in [4.78, 5) is 4.99. The van der Waals surface area contributed by atoms with Crippen molar-refractivity contribution in [2.75, 3.05) is 26.7 Å². The molecule has 1 aromatic carbocycles. The number of nitrogens with zero attached hydrogens (tertiary/aromatic N) is 2. The predicted molar refractivity (Wildman–Crippen MR) is 90.7 cm³/mol. The first-order valence-corrected chi connectivity index (χ1v) is 8.36. The number of hydrogen-bond acceptors (Lipinski definition) is 3. The highest BCUT2D eigenvalue weighted by atomic mass is 35.5. The molecule has 21 heavy (non-hydrogen) atoms. The van der Waals surface area contributed by atoms with E-state index in [0.717, 1.165) is 18.1 Å². The van der Waals surface area contributed by atoms with Gasteiger partial charge in [-0.25, -0.2) is 0 Å². The molecule has 1 aromatic rings. The van der Waals surface area contributed by atoms with E-state index in [1.807, 2.05) is 12.1 Å². The van der Waals surface area contributed by atoms with Crippen LogP contribution in [-0.4, -0.2) is 48.6 Å². The molecule has 2 rings (SSSR count). The maximum Gasteiger partial charge on any atom is 0.0494 e. The Balaban J connectivity index is 2.08. The van der Waals surface area contributed by atoms with Crippen LogP contribution in [0, 0.1) is 0 Å². The fourth-order valence-corrected chi connectivity index (χ4v) is 3.71. The molecule has 1 fully saturated rings. The summed E-state index contributed by atoms with van der Waals surface area (Å²) < 4.78 is 0. The number of nitrogens with two attached hydrogens (primary N) is 1. The topological polar surface area (TPSA) is 32.5 Å². The lowest BCUT2D eigenvalue weighted by atomic mass is 9.99. The molecular formula is C17H28ClN3. The van der Waals surface area contributed by atoms with Crippen LogP contribution in [-0.2, 0) is 0 Å². The molecule has 0 amide bonds. The van der Waals surface area contributed by atoms with Crippen LogP contribution < -0.4 is 5.73 Å². The summed E-state index contributed by atoms with van der Waals surface area (Å²) in [6, 6.07) is 9.09. The molecule has 2 N–H and O–H groups in total. The van der Waals surface area contributed by atoms with Gasteiger partial charge in [-0.2, -0.15) is 0 Å². The first-order chi connectivity index (χ1) is 10.0. The van der Waals surface area contributed by atoms with Crippen molar-refractivity contribution in [1.29, 1.82) is 0 Å². The van der Waals surface area contributed by atoms with E-state index in [2.05, 4.69) is 42.8 Å². The van der Waals surface area contributed by atoms with Crippen molar-refractivity contribution in [2.45, 2.75) is 44.8 Å². The predicted octanol–water partition coefficient (Wildman–Crippen LogP) is 3.14. The van der Waals surface area contributed by atoms with Crippen LogP contribution in [0.1, 0.15) is 38.3 Å². The Hall–Kier alpha value is -0.610. The average molecular weight is 310 g/mol. The molecular weight excluding hydrogens is 282 g/mol. The molecule has 0 bridgehead atoms. The Morgan fingerprint density at radius 3 is 2.62 bits per heavy atom. The number of benzene rings is 1. The van der Waals surface area contributed by atoms with Crippen molar-refractivity contribution in [3.63, 3.8) is 0 Å². The van der Waals surface area contributed by atoms with Crippen LogP contribution in [0.15, 0.2) is 24.3 Å². The molecule has 0 aromatic heterocycles. The fraction of sp³-hybridized carbons (Fsp3) is 0.647. The van der Waals surface area contributed by atoms with E-state index in [1.165, 1.54) is 24.9 Å². The number of likely N-dealkylation sites (tertiary alicyclic amines) is 1. The highest BCUT2D eigenvalue weighted by molar-refractivity contribution is 6.30. The van der Waals surface area contributed by atoms with Gasteiger partial charge in [0.1, 0.15) is 0 Å². The van der Waals surface area contributed by atoms with Gasteiger partial charge in [-0.1, -0.05) is 30.7 Å². The largest absolute Gasteiger partial charge is 0.326 e. The number of rotatable bonds is 6. The monoisotopic (exact) mass is 309 g/mol. The van der Waals surface area contributed by atoms with E-state index in [4.69, 9.17) is 17.3 Å². The molecule has 4 heteroatoms. The highest BCUT2D eigenvalue weighted by Gasteiger charge is 2.28. The van der Waals surface area contributed by atoms with Crippen LogP contribution in [0.4, 0.5) is 0 Å². The molecule has 1 heterocycles. The average Bonchev–Trinajstić information content (AvgIpc) is 2.88. The van der Waals surface area contributed by atoms with Gasteiger partial charge < -0.3 is 5.73 Å². The fourth-order valence-electron chi connectivity index (χ4n) is 3.58. The van der Waals surface area contributed by atoms with Crippen molar-refractivity contribution in [1.82, 2.24) is 9.80 Å². The zero-order chi connectivity index (χ0) is 15.4. The molecule has 3 nitrogen and oxygen atoms in total. The summed E-state index contributed by atoms with van der Waals surface area (Å²) in [6.45, 7) is 7.78. The standard InChI is InChI=1S/C17H28ClN3/c1-4-21-11-5-6-16(21)12-20(3)17(13(2)19)14-7-9-15(18)10-8-14/h7-10,13,16-17H,4-6,11-12,19H2,1-3H3. The second-order valence-electron chi connectivity index (χ2n) is 6.22. The van der Waals surface area contributed by atoms with Gasteiger partial charge >= 0.3 is 0 Å². The number of halogens is 1. The van der Waals surface area contributed by atoms with Gasteiger partial charge in [-0.3, -0.25) is 9.80 Å². The zero-order valence-electron chi connectivity index (χ0n) is 13.4. The molecule has 0 radical (unpaired) electrons. The summed E-state index contributed by atoms with van der Waals surface area (Å²) in [5, 5.41) is 0.776. The lowest BCUT2D eigenvalue weighted by Gasteiger charge is -2.35. The lowest BCUT2D eigenvalue weighted by Crippen LogP contribution is -2.44. The van der Waals surface area contributed by atoms with E-state index in [-0.39, 0.29) is 12.1 Å². The third-order valence-corrected chi connectivity index (χ3v) is 4.84. The van der Waals surface area contributed by atoms with E-state index in [9.17, 15) is 0 Å². The Bertz CT molecular complexity index is 432. The normalized spacial score (nSPS) is 22.7. The minimum Gasteiger partial charge on any atom is -0.326 e. The van der Waals surface area contributed by atoms with Gasteiger partial charge in [0.05, 0.1) is 0 Å². The van der Waals surface area contributed by atoms with Crippen LogP contribution in [0.2, 0.25) is 5.02 Å². The first-order valence-electron chi connectivity index (χ1n) is 7.98. The maximum absolute atomic E-state index is 6.26. The van der Waals surface area contributed by atoms with E-state index in [1.54, 1.807) is 0 Å². The van der Waals surface area contributed by atoms with E-state index in [0.29, 0.717) is 6.04 Å². The Morgan fingerprint density at radius 2 is 2.05 bits per heavy atom. The van der Waals surface area contributed by atoms with Gasteiger partial charge in [0.2, 0.25) is 0 Å². The van der Waals surface area contributed by atoms with Crippen LogP contribution >= 0.6 is 11.6 Å². The van der Waals surface area contributed by atoms with Crippen molar-refractivity contribution in [3.8, 4) is 0 Å². The quantitative estimate of drug-likeness (QED) is 0.876. The SMILES string of the molecule is CCN1CCCC1CN(C)C(c1ccc(Cl)cc1)C(C)N. The Morgan fingerprint density at radius 1 is 1.38 bits per heavy atom. The second kappa shape index (κ2) is 7.59. The first kappa shape index (κ1) is 16.8. The van der Waals surface area contributed by atoms with Gasteiger partial charge in [-0.15, -0.1) is 0 Å². The maximum atomic E-state index is 6.26. The van der Waals surface area contributed by atoms with Gasteiger partial charge in [0, 0.05) is 29.7 Å². The highest BCUT2D eigenvalue weighted by Crippen LogP contribution is 2.26. The third-order valence-electron chi connectivity index (χ3n) is 4.59. The number of likely N-dealkylation sites (N-methyl/N-ethyl adjacent to an activating group) is 2. The van der Waals surface area contributed by atoms with Crippen LogP contribution in [0.3, 0.4) is 0 Å². The molecule has 118 valence electrons. The van der Waals surface area contributed by atoms with Crippen molar-refractivity contribution >= 4 is 11.6 Å². The van der Waals surface area contributed by atoms with Crippen molar-refractivity contribution < 1.29 is 0 Å². The minimum atomic E-state index is 0.0904. The summed E-state index contributed by atoms with van der Waals surface area (Å²) in [5.41, 5.74) is 7.51. The smallest absolute Gasteiger partial charge is 0.0494 e. The molecule has 1 saturated heterocycles. The third kappa shape index (κ3) is 4.19. The van der Waals surface area contributed by atoms with Gasteiger partial charge in [0.15, 0.2) is 0 Å². The minimum absolute atomic E-state index is 0.0904. The Labute approximate surface area is 134 Å². The lowest BCUT2D eigenvalue weighted by molar-refractivity contribution is 0.151. The van der Waals surface area contributed by atoms with Crippen LogP contribution in [0.5, 0.6) is 0 Å². The van der Waals surface area contributed by atoms with Crippen LogP contribution in [0.25, 0.3) is 0 Å². The molecule has 1 aliphatic heterocycles. The van der Waals surface area contributed by atoms with Crippen molar-refractivity contribution in [2.24, 2.45) is 5.73 Å². The van der Waals surface area contributed by atoms with Gasteiger partial charge in [-0.05, 0) is 57.6 Å².